The second kappa shape index (κ2) is 9.75. The molecule has 37 heavy (non-hydrogen) atoms. The van der Waals surface area contributed by atoms with E-state index < -0.39 is 52.9 Å². The van der Waals surface area contributed by atoms with Crippen molar-refractivity contribution in [3.05, 3.63) is 59.0 Å². The van der Waals surface area contributed by atoms with Crippen molar-refractivity contribution in [3.63, 3.8) is 0 Å². The van der Waals surface area contributed by atoms with Crippen LogP contribution in [0, 0.1) is 12.7 Å². The van der Waals surface area contributed by atoms with Gasteiger partial charge in [-0.15, -0.1) is 13.2 Å². The van der Waals surface area contributed by atoms with E-state index in [0.717, 1.165) is 34.9 Å². The molecule has 198 valence electrons. The number of aliphatic carboxylic acids is 1. The minimum atomic E-state index is -4.92. The number of halogens is 4. The molecule has 0 aliphatic rings. The molecule has 3 rings (SSSR count). The van der Waals surface area contributed by atoms with Crippen molar-refractivity contribution in [3.8, 4) is 11.5 Å². The van der Waals surface area contributed by atoms with Crippen molar-refractivity contribution in [1.82, 2.24) is 9.88 Å². The van der Waals surface area contributed by atoms with Crippen molar-refractivity contribution in [2.45, 2.75) is 51.9 Å². The number of aromatic nitrogens is 1. The van der Waals surface area contributed by atoms with Gasteiger partial charge in [0.15, 0.2) is 11.6 Å². The maximum absolute atomic E-state index is 15.2. The Morgan fingerprint density at radius 3 is 2.22 bits per heavy atom. The van der Waals surface area contributed by atoms with E-state index in [1.54, 1.807) is 6.92 Å². The van der Waals surface area contributed by atoms with E-state index in [4.69, 9.17) is 0 Å². The normalized spacial score (nSPS) is 14.2. The Hall–Kier alpha value is -4.09. The number of carboxylic acids is 1. The van der Waals surface area contributed by atoms with Crippen LogP contribution in [0.25, 0.3) is 10.9 Å². The topological polar surface area (TPSA) is 118 Å². The Balaban J connectivity index is 2.12. The Kier molecular flexibility index (Phi) is 7.25. The number of benzene rings is 2. The van der Waals surface area contributed by atoms with Gasteiger partial charge in [0.25, 0.3) is 5.91 Å². The first-order chi connectivity index (χ1) is 17.1. The standard InChI is InChI=1S/C25H24F4N2O6/c1-5-24(4,23(35)36)30-21(33)12(2)18-13(3)31(16-10-11-17(32)20(26)19(16)18)22(34)14-6-8-15(9-7-14)37-25(27,28)29/h6-12,32H,5H2,1-4H3,(H,30,33)(H,35,36)/t12-,24?/m1/s1. The summed E-state index contributed by atoms with van der Waals surface area (Å²) in [6, 6.07) is 6.38. The van der Waals surface area contributed by atoms with E-state index in [-0.39, 0.29) is 34.1 Å². The summed E-state index contributed by atoms with van der Waals surface area (Å²) < 4.78 is 57.4. The fraction of sp³-hybridized carbons (Fsp3) is 0.320. The summed E-state index contributed by atoms with van der Waals surface area (Å²) in [7, 11) is 0. The molecule has 0 fully saturated rings. The first kappa shape index (κ1) is 27.5. The molecule has 1 amide bonds. The number of nitrogens with one attached hydrogen (secondary N) is 1. The number of phenolic OH excluding ortho intramolecular Hbond substituents is 1. The van der Waals surface area contributed by atoms with Crippen LogP contribution in [-0.4, -0.2) is 44.5 Å². The van der Waals surface area contributed by atoms with Gasteiger partial charge in [-0.3, -0.25) is 14.2 Å². The summed E-state index contributed by atoms with van der Waals surface area (Å²) in [5.41, 5.74) is -1.50. The zero-order valence-corrected chi connectivity index (χ0v) is 20.2. The van der Waals surface area contributed by atoms with Crippen LogP contribution in [-0.2, 0) is 9.59 Å². The van der Waals surface area contributed by atoms with E-state index in [1.165, 1.54) is 26.8 Å². The first-order valence-electron chi connectivity index (χ1n) is 11.1. The number of aromatic hydroxyl groups is 1. The van der Waals surface area contributed by atoms with Crippen LogP contribution < -0.4 is 10.1 Å². The molecule has 0 saturated heterocycles. The number of phenols is 1. The van der Waals surface area contributed by atoms with Gasteiger partial charge in [-0.05, 0) is 69.2 Å². The predicted octanol–water partition coefficient (Wildman–Crippen LogP) is 4.85. The SMILES string of the molecule is CCC(C)(NC(=O)[C@H](C)c1c(C)n(C(=O)c2ccc(OC(F)(F)F)cc2)c2ccc(O)c(F)c12)C(=O)O. The summed E-state index contributed by atoms with van der Waals surface area (Å²) in [6.07, 6.45) is -4.86. The number of amides is 1. The second-order valence-electron chi connectivity index (χ2n) is 8.71. The number of hydrogen-bond acceptors (Lipinski definition) is 5. The Bertz CT molecular complexity index is 1380. The summed E-state index contributed by atoms with van der Waals surface area (Å²) in [4.78, 5) is 38.1. The number of nitrogens with zero attached hydrogens (tertiary/aromatic N) is 1. The summed E-state index contributed by atoms with van der Waals surface area (Å²) in [5.74, 6) is -6.28. The highest BCUT2D eigenvalue weighted by molar-refractivity contribution is 6.06. The Morgan fingerprint density at radius 1 is 1.11 bits per heavy atom. The quantitative estimate of drug-likeness (QED) is 0.380. The first-order valence-corrected chi connectivity index (χ1v) is 11.1. The summed E-state index contributed by atoms with van der Waals surface area (Å²) >= 11 is 0. The van der Waals surface area contributed by atoms with Gasteiger partial charge in [0.2, 0.25) is 5.91 Å². The maximum atomic E-state index is 15.2. The monoisotopic (exact) mass is 524 g/mol. The molecule has 2 aromatic carbocycles. The molecule has 2 atom stereocenters. The highest BCUT2D eigenvalue weighted by Crippen LogP contribution is 2.37. The van der Waals surface area contributed by atoms with Gasteiger partial charge in [-0.2, -0.15) is 0 Å². The van der Waals surface area contributed by atoms with Crippen molar-refractivity contribution in [2.24, 2.45) is 0 Å². The van der Waals surface area contributed by atoms with Crippen molar-refractivity contribution < 1.29 is 46.9 Å². The van der Waals surface area contributed by atoms with Crippen LogP contribution in [0.2, 0.25) is 0 Å². The molecule has 0 aliphatic carbocycles. The van der Waals surface area contributed by atoms with Gasteiger partial charge in [-0.25, -0.2) is 9.18 Å². The minimum Gasteiger partial charge on any atom is -0.505 e. The molecule has 3 aromatic rings. The van der Waals surface area contributed by atoms with Gasteiger partial charge in [-0.1, -0.05) is 6.92 Å². The number of fused-ring (bicyclic) bond motifs is 1. The number of rotatable bonds is 7. The third-order valence-corrected chi connectivity index (χ3v) is 6.28. The molecule has 1 heterocycles. The number of ether oxygens (including phenoxy) is 1. The second-order valence-corrected chi connectivity index (χ2v) is 8.71. The van der Waals surface area contributed by atoms with E-state index >= 15 is 4.39 Å². The highest BCUT2D eigenvalue weighted by Gasteiger charge is 2.36. The number of alkyl halides is 3. The lowest BCUT2D eigenvalue weighted by Crippen LogP contribution is -2.52. The number of carbonyl (C=O) groups excluding carboxylic acids is 2. The molecule has 0 radical (unpaired) electrons. The molecule has 0 saturated carbocycles. The number of hydrogen-bond donors (Lipinski definition) is 3. The van der Waals surface area contributed by atoms with Gasteiger partial charge >= 0.3 is 12.3 Å². The van der Waals surface area contributed by atoms with Gasteiger partial charge < -0.3 is 20.3 Å². The lowest BCUT2D eigenvalue weighted by Gasteiger charge is -2.26. The summed E-state index contributed by atoms with van der Waals surface area (Å²) in [6.45, 7) is 5.72. The average molecular weight is 524 g/mol. The van der Waals surface area contributed by atoms with E-state index in [2.05, 4.69) is 10.1 Å². The van der Waals surface area contributed by atoms with Gasteiger partial charge in [0.05, 0.1) is 11.4 Å². The van der Waals surface area contributed by atoms with Crippen LogP contribution in [0.15, 0.2) is 36.4 Å². The Labute approximate surface area is 208 Å². The zero-order valence-electron chi connectivity index (χ0n) is 20.2. The van der Waals surface area contributed by atoms with Crippen LogP contribution in [0.5, 0.6) is 11.5 Å². The van der Waals surface area contributed by atoms with Gasteiger partial charge in [0.1, 0.15) is 11.3 Å². The fourth-order valence-corrected chi connectivity index (χ4v) is 4.00. The molecule has 1 aromatic heterocycles. The van der Waals surface area contributed by atoms with Crippen LogP contribution in [0.3, 0.4) is 0 Å². The molecule has 1 unspecified atom stereocenters. The molecule has 0 spiro atoms. The van der Waals surface area contributed by atoms with Crippen LogP contribution in [0.4, 0.5) is 17.6 Å². The molecule has 12 heteroatoms. The van der Waals surface area contributed by atoms with Gasteiger partial charge in [0, 0.05) is 16.6 Å². The van der Waals surface area contributed by atoms with E-state index in [0.29, 0.717) is 0 Å². The maximum Gasteiger partial charge on any atom is 0.573 e. The van der Waals surface area contributed by atoms with Crippen molar-refractivity contribution in [1.29, 1.82) is 0 Å². The Morgan fingerprint density at radius 2 is 1.70 bits per heavy atom. The van der Waals surface area contributed by atoms with Crippen LogP contribution in [0.1, 0.15) is 54.7 Å². The molecular formula is C25H24F4N2O6. The van der Waals surface area contributed by atoms with Crippen LogP contribution >= 0.6 is 0 Å². The minimum absolute atomic E-state index is 0.000411. The molecule has 0 aliphatic heterocycles. The third kappa shape index (κ3) is 5.23. The smallest absolute Gasteiger partial charge is 0.505 e. The third-order valence-electron chi connectivity index (χ3n) is 6.28. The number of carbonyl (C=O) groups is 3. The molecule has 8 nitrogen and oxygen atoms in total. The van der Waals surface area contributed by atoms with E-state index in [9.17, 15) is 37.8 Å². The lowest BCUT2D eigenvalue weighted by molar-refractivity contribution is -0.274. The molecular weight excluding hydrogens is 500 g/mol. The highest BCUT2D eigenvalue weighted by atomic mass is 19.4. The largest absolute Gasteiger partial charge is 0.573 e. The van der Waals surface area contributed by atoms with Crippen molar-refractivity contribution >= 4 is 28.7 Å². The summed E-state index contributed by atoms with van der Waals surface area (Å²) in [5, 5.41) is 21.7. The van der Waals surface area contributed by atoms with E-state index in [1.807, 2.05) is 0 Å². The predicted molar refractivity (Wildman–Crippen MR) is 124 cm³/mol. The van der Waals surface area contributed by atoms with Crippen molar-refractivity contribution in [2.75, 3.05) is 0 Å². The molecule has 0 bridgehead atoms. The average Bonchev–Trinajstić information content (AvgIpc) is 3.12. The lowest BCUT2D eigenvalue weighted by atomic mass is 9.93. The number of carboxylic acid groups (broad SMARTS) is 1. The zero-order chi connectivity index (χ0) is 27.9. The molecule has 3 N–H and O–H groups in total. The fourth-order valence-electron chi connectivity index (χ4n) is 4.00.